The summed E-state index contributed by atoms with van der Waals surface area (Å²) in [5, 5.41) is 12.1. The average molecular weight is 403 g/mol. The first-order valence-corrected chi connectivity index (χ1v) is 8.60. The van der Waals surface area contributed by atoms with E-state index in [2.05, 4.69) is 35.6 Å². The van der Waals surface area contributed by atoms with E-state index in [4.69, 9.17) is 33.1 Å². The number of halogens is 3. The van der Waals surface area contributed by atoms with Gasteiger partial charge in [-0.05, 0) is 48.7 Å². The molecule has 6 heteroatoms. The van der Waals surface area contributed by atoms with E-state index in [-0.39, 0.29) is 12.4 Å². The largest absolute Gasteiger partial charge is 0.481 e. The van der Waals surface area contributed by atoms with Gasteiger partial charge < -0.3 is 10.4 Å². The second-order valence-corrected chi connectivity index (χ2v) is 6.61. The fraction of sp³-hybridized carbons (Fsp3) is 0.316. The summed E-state index contributed by atoms with van der Waals surface area (Å²) in [7, 11) is 2.03. The summed E-state index contributed by atoms with van der Waals surface area (Å²) in [6.07, 6.45) is 2.26. The number of nitrogens with one attached hydrogen (secondary N) is 1. The minimum atomic E-state index is -0.833. The Morgan fingerprint density at radius 3 is 2.24 bits per heavy atom. The van der Waals surface area contributed by atoms with Crippen molar-refractivity contribution < 1.29 is 9.90 Å². The lowest BCUT2D eigenvalue weighted by Gasteiger charge is -2.32. The Bertz CT molecular complexity index is 718. The maximum absolute atomic E-state index is 9.00. The molecule has 136 valence electrons. The zero-order valence-corrected chi connectivity index (χ0v) is 16.5. The number of aliphatic carboxylic acids is 1. The van der Waals surface area contributed by atoms with Crippen molar-refractivity contribution in [3.05, 3.63) is 69.2 Å². The van der Waals surface area contributed by atoms with Crippen molar-refractivity contribution in [2.45, 2.75) is 31.7 Å². The van der Waals surface area contributed by atoms with Gasteiger partial charge in [-0.3, -0.25) is 4.79 Å². The molecule has 2 atom stereocenters. The van der Waals surface area contributed by atoms with E-state index in [1.807, 2.05) is 19.2 Å². The van der Waals surface area contributed by atoms with Crippen LogP contribution in [0, 0.1) is 0 Å². The molecule has 2 aromatic carbocycles. The highest BCUT2D eigenvalue weighted by Crippen LogP contribution is 2.42. The van der Waals surface area contributed by atoms with Crippen LogP contribution in [0.5, 0.6) is 0 Å². The molecular weight excluding hydrogens is 381 g/mol. The SMILES string of the molecule is CC(=O)O.CN[C@H]1CC[C@@H](c2ccc(Cl)c(Cl)c2)c2ccccc21.Cl. The molecule has 0 heterocycles. The van der Waals surface area contributed by atoms with Crippen LogP contribution in [0.1, 0.15) is 48.4 Å². The van der Waals surface area contributed by atoms with Crippen molar-refractivity contribution >= 4 is 41.6 Å². The van der Waals surface area contributed by atoms with Gasteiger partial charge in [-0.15, -0.1) is 12.4 Å². The number of carboxylic acids is 1. The topological polar surface area (TPSA) is 49.3 Å². The maximum Gasteiger partial charge on any atom is 0.300 e. The third kappa shape index (κ3) is 5.61. The second-order valence-electron chi connectivity index (χ2n) is 5.79. The van der Waals surface area contributed by atoms with Crippen LogP contribution in [-0.4, -0.2) is 18.1 Å². The molecule has 0 aromatic heterocycles. The van der Waals surface area contributed by atoms with Crippen molar-refractivity contribution in [3.8, 4) is 0 Å². The molecule has 0 amide bonds. The number of hydrogen-bond donors (Lipinski definition) is 2. The van der Waals surface area contributed by atoms with Crippen molar-refractivity contribution in [3.63, 3.8) is 0 Å². The highest BCUT2D eigenvalue weighted by molar-refractivity contribution is 6.42. The molecule has 1 aliphatic rings. The number of hydrogen-bond acceptors (Lipinski definition) is 2. The van der Waals surface area contributed by atoms with Gasteiger partial charge in [0.05, 0.1) is 10.0 Å². The van der Waals surface area contributed by atoms with Crippen LogP contribution < -0.4 is 5.32 Å². The quantitative estimate of drug-likeness (QED) is 0.678. The lowest BCUT2D eigenvalue weighted by Crippen LogP contribution is -2.24. The molecule has 0 saturated heterocycles. The van der Waals surface area contributed by atoms with E-state index in [9.17, 15) is 0 Å². The number of carboxylic acid groups (broad SMARTS) is 1. The van der Waals surface area contributed by atoms with Gasteiger partial charge in [-0.25, -0.2) is 0 Å². The highest BCUT2D eigenvalue weighted by atomic mass is 35.5. The molecule has 2 aromatic rings. The van der Waals surface area contributed by atoms with Crippen LogP contribution in [0.25, 0.3) is 0 Å². The molecule has 0 unspecified atom stereocenters. The summed E-state index contributed by atoms with van der Waals surface area (Å²) in [4.78, 5) is 9.00. The molecule has 0 fully saturated rings. The summed E-state index contributed by atoms with van der Waals surface area (Å²) in [5.41, 5.74) is 4.05. The van der Waals surface area contributed by atoms with Crippen LogP contribution in [0.4, 0.5) is 0 Å². The van der Waals surface area contributed by atoms with Gasteiger partial charge in [0.25, 0.3) is 5.97 Å². The molecule has 1 aliphatic carbocycles. The molecule has 0 radical (unpaired) electrons. The zero-order valence-electron chi connectivity index (χ0n) is 14.1. The van der Waals surface area contributed by atoms with Gasteiger partial charge >= 0.3 is 0 Å². The third-order valence-corrected chi connectivity index (χ3v) is 4.92. The Morgan fingerprint density at radius 2 is 1.68 bits per heavy atom. The number of rotatable bonds is 2. The highest BCUT2D eigenvalue weighted by Gasteiger charge is 2.27. The van der Waals surface area contributed by atoms with Gasteiger partial charge in [-0.1, -0.05) is 53.5 Å². The molecule has 0 aliphatic heterocycles. The average Bonchev–Trinajstić information content (AvgIpc) is 2.56. The van der Waals surface area contributed by atoms with E-state index in [1.54, 1.807) is 0 Å². The Morgan fingerprint density at radius 1 is 1.08 bits per heavy atom. The van der Waals surface area contributed by atoms with Crippen molar-refractivity contribution in [1.82, 2.24) is 5.32 Å². The monoisotopic (exact) mass is 401 g/mol. The summed E-state index contributed by atoms with van der Waals surface area (Å²) >= 11 is 12.2. The van der Waals surface area contributed by atoms with Crippen LogP contribution in [0.2, 0.25) is 10.0 Å². The number of benzene rings is 2. The summed E-state index contributed by atoms with van der Waals surface area (Å²) in [6, 6.07) is 15.1. The minimum absolute atomic E-state index is 0. The van der Waals surface area contributed by atoms with Gasteiger partial charge in [0.15, 0.2) is 0 Å². The fourth-order valence-corrected chi connectivity index (χ4v) is 3.47. The number of fused-ring (bicyclic) bond motifs is 1. The second kappa shape index (κ2) is 10.0. The smallest absolute Gasteiger partial charge is 0.300 e. The van der Waals surface area contributed by atoms with Crippen molar-refractivity contribution in [2.75, 3.05) is 7.05 Å². The Kier molecular flexibility index (Phi) is 8.74. The Balaban J connectivity index is 0.000000568. The van der Waals surface area contributed by atoms with Gasteiger partial charge in [0.1, 0.15) is 0 Å². The van der Waals surface area contributed by atoms with Crippen molar-refractivity contribution in [2.24, 2.45) is 0 Å². The third-order valence-electron chi connectivity index (χ3n) is 4.19. The minimum Gasteiger partial charge on any atom is -0.481 e. The van der Waals surface area contributed by atoms with E-state index in [1.165, 1.54) is 16.7 Å². The Labute approximate surface area is 164 Å². The van der Waals surface area contributed by atoms with Gasteiger partial charge in [-0.2, -0.15) is 0 Å². The maximum atomic E-state index is 9.00. The van der Waals surface area contributed by atoms with E-state index >= 15 is 0 Å². The normalized spacial score (nSPS) is 18.2. The first-order valence-electron chi connectivity index (χ1n) is 7.84. The molecule has 0 saturated carbocycles. The fourth-order valence-electron chi connectivity index (χ4n) is 3.17. The summed E-state index contributed by atoms with van der Waals surface area (Å²) in [6.45, 7) is 1.08. The van der Waals surface area contributed by atoms with Crippen LogP contribution in [0.3, 0.4) is 0 Å². The lowest BCUT2D eigenvalue weighted by molar-refractivity contribution is -0.134. The predicted molar refractivity (Wildman–Crippen MR) is 106 cm³/mol. The standard InChI is InChI=1S/C17H17Cl2N.C2H4O2.ClH/c1-20-17-9-7-12(13-4-2-3-5-14(13)17)11-6-8-15(18)16(19)10-11;1-2(3)4;/h2-6,8,10,12,17,20H,7,9H2,1H3;1H3,(H,3,4);1H/t12-,17-;;/m0../s1. The van der Waals surface area contributed by atoms with E-state index < -0.39 is 5.97 Å². The lowest BCUT2D eigenvalue weighted by atomic mass is 9.77. The molecular formula is C19H22Cl3NO2. The molecule has 3 rings (SSSR count). The molecule has 2 N–H and O–H groups in total. The van der Waals surface area contributed by atoms with Crippen LogP contribution in [-0.2, 0) is 4.79 Å². The molecule has 25 heavy (non-hydrogen) atoms. The van der Waals surface area contributed by atoms with E-state index in [0.29, 0.717) is 22.0 Å². The Hall–Kier alpha value is -1.26. The summed E-state index contributed by atoms with van der Waals surface area (Å²) in [5.74, 6) is -0.425. The summed E-state index contributed by atoms with van der Waals surface area (Å²) < 4.78 is 0. The van der Waals surface area contributed by atoms with Gasteiger partial charge in [0.2, 0.25) is 0 Å². The number of carbonyl (C=O) groups is 1. The van der Waals surface area contributed by atoms with Crippen LogP contribution in [0.15, 0.2) is 42.5 Å². The first kappa shape index (κ1) is 21.8. The van der Waals surface area contributed by atoms with Crippen LogP contribution >= 0.6 is 35.6 Å². The molecule has 3 nitrogen and oxygen atoms in total. The molecule has 0 bridgehead atoms. The predicted octanol–water partition coefficient (Wildman–Crippen LogP) is 5.69. The zero-order chi connectivity index (χ0) is 17.7. The van der Waals surface area contributed by atoms with E-state index in [0.717, 1.165) is 19.8 Å². The molecule has 0 spiro atoms. The first-order chi connectivity index (χ1) is 11.4. The van der Waals surface area contributed by atoms with Crippen molar-refractivity contribution in [1.29, 1.82) is 0 Å². The van der Waals surface area contributed by atoms with Gasteiger partial charge in [0, 0.05) is 18.9 Å².